The third-order valence-electron chi connectivity index (χ3n) is 4.98. The van der Waals surface area contributed by atoms with E-state index in [1.54, 1.807) is 11.3 Å². The van der Waals surface area contributed by atoms with Crippen molar-refractivity contribution in [1.29, 1.82) is 0 Å². The molecule has 28 heavy (non-hydrogen) atoms. The van der Waals surface area contributed by atoms with Crippen molar-refractivity contribution in [3.05, 3.63) is 75.1 Å². The van der Waals surface area contributed by atoms with Gasteiger partial charge in [0.25, 0.3) is 5.91 Å². The van der Waals surface area contributed by atoms with Crippen molar-refractivity contribution in [3.8, 4) is 11.3 Å². The summed E-state index contributed by atoms with van der Waals surface area (Å²) in [6.07, 6.45) is 0. The largest absolute Gasteiger partial charge is 0.336 e. The molecule has 144 valence electrons. The highest BCUT2D eigenvalue weighted by Gasteiger charge is 2.22. The number of carbonyl (C=O) groups is 1. The second-order valence-corrected chi connectivity index (χ2v) is 8.45. The first-order chi connectivity index (χ1) is 13.6. The molecule has 0 N–H and O–H groups in total. The molecule has 2 heterocycles. The minimum atomic E-state index is 0.127. The summed E-state index contributed by atoms with van der Waals surface area (Å²) in [5, 5.41) is 3.93. The van der Waals surface area contributed by atoms with Crippen molar-refractivity contribution in [3.63, 3.8) is 0 Å². The van der Waals surface area contributed by atoms with Crippen LogP contribution in [0, 0.1) is 6.92 Å². The van der Waals surface area contributed by atoms with E-state index >= 15 is 0 Å². The van der Waals surface area contributed by atoms with Crippen LogP contribution in [0.2, 0.25) is 5.02 Å². The predicted molar refractivity (Wildman–Crippen MR) is 115 cm³/mol. The van der Waals surface area contributed by atoms with Crippen molar-refractivity contribution in [2.75, 3.05) is 26.2 Å². The van der Waals surface area contributed by atoms with Crippen LogP contribution in [0.4, 0.5) is 0 Å². The van der Waals surface area contributed by atoms with Gasteiger partial charge in [0.05, 0.1) is 12.2 Å². The summed E-state index contributed by atoms with van der Waals surface area (Å²) < 4.78 is 0. The first-order valence-electron chi connectivity index (χ1n) is 9.37. The summed E-state index contributed by atoms with van der Waals surface area (Å²) in [5.74, 6) is 0.127. The number of aromatic nitrogens is 1. The highest BCUT2D eigenvalue weighted by atomic mass is 35.5. The Morgan fingerprint density at radius 3 is 2.57 bits per heavy atom. The normalized spacial score (nSPS) is 15.0. The van der Waals surface area contributed by atoms with Gasteiger partial charge in [-0.25, -0.2) is 4.98 Å². The summed E-state index contributed by atoms with van der Waals surface area (Å²) >= 11 is 7.64. The Morgan fingerprint density at radius 1 is 1.11 bits per heavy atom. The van der Waals surface area contributed by atoms with Gasteiger partial charge in [-0.05, 0) is 31.2 Å². The van der Waals surface area contributed by atoms with Crippen LogP contribution in [0.25, 0.3) is 11.3 Å². The predicted octanol–water partition coefficient (Wildman–Crippen LogP) is 4.73. The van der Waals surface area contributed by atoms with Crippen LogP contribution in [0.3, 0.4) is 0 Å². The van der Waals surface area contributed by atoms with E-state index in [4.69, 9.17) is 16.6 Å². The van der Waals surface area contributed by atoms with Gasteiger partial charge >= 0.3 is 0 Å². The van der Waals surface area contributed by atoms with Gasteiger partial charge in [-0.3, -0.25) is 9.69 Å². The van der Waals surface area contributed by atoms with Gasteiger partial charge in [0, 0.05) is 47.7 Å². The van der Waals surface area contributed by atoms with E-state index < -0.39 is 0 Å². The van der Waals surface area contributed by atoms with Crippen LogP contribution in [-0.2, 0) is 6.54 Å². The van der Waals surface area contributed by atoms with Crippen LogP contribution < -0.4 is 0 Å². The van der Waals surface area contributed by atoms with Gasteiger partial charge in [0.2, 0.25) is 0 Å². The maximum atomic E-state index is 12.7. The summed E-state index contributed by atoms with van der Waals surface area (Å²) in [6, 6.07) is 15.6. The van der Waals surface area contributed by atoms with E-state index in [2.05, 4.69) is 10.3 Å². The van der Waals surface area contributed by atoms with Gasteiger partial charge < -0.3 is 4.90 Å². The Morgan fingerprint density at radius 2 is 1.86 bits per heavy atom. The van der Waals surface area contributed by atoms with Crippen LogP contribution in [0.5, 0.6) is 0 Å². The quantitative estimate of drug-likeness (QED) is 0.622. The van der Waals surface area contributed by atoms with Crippen molar-refractivity contribution in [2.45, 2.75) is 13.5 Å². The molecule has 0 unspecified atom stereocenters. The number of piperazine rings is 1. The van der Waals surface area contributed by atoms with E-state index in [9.17, 15) is 4.79 Å². The van der Waals surface area contributed by atoms with E-state index in [0.29, 0.717) is 0 Å². The highest BCUT2D eigenvalue weighted by molar-refractivity contribution is 7.09. The fourth-order valence-corrected chi connectivity index (χ4v) is 4.37. The van der Waals surface area contributed by atoms with E-state index in [1.807, 2.05) is 60.4 Å². The Labute approximate surface area is 174 Å². The average Bonchev–Trinajstić information content (AvgIpc) is 3.17. The molecule has 1 aliphatic rings. The molecule has 0 atom stereocenters. The number of hydrogen-bond donors (Lipinski definition) is 0. The minimum Gasteiger partial charge on any atom is -0.336 e. The summed E-state index contributed by atoms with van der Waals surface area (Å²) in [4.78, 5) is 21.8. The molecule has 0 aliphatic carbocycles. The number of halogens is 1. The second kappa shape index (κ2) is 8.43. The third-order valence-corrected chi connectivity index (χ3v) is 6.06. The average molecular weight is 412 g/mol. The van der Waals surface area contributed by atoms with Crippen molar-refractivity contribution in [1.82, 2.24) is 14.8 Å². The fourth-order valence-electron chi connectivity index (χ4n) is 3.40. The third kappa shape index (κ3) is 4.43. The molecule has 0 spiro atoms. The Kier molecular flexibility index (Phi) is 5.76. The molecule has 1 fully saturated rings. The number of nitrogens with zero attached hydrogens (tertiary/aromatic N) is 3. The zero-order chi connectivity index (χ0) is 19.5. The Balaban J connectivity index is 1.33. The van der Waals surface area contributed by atoms with Crippen molar-refractivity contribution >= 4 is 28.8 Å². The minimum absolute atomic E-state index is 0.127. The van der Waals surface area contributed by atoms with Crippen molar-refractivity contribution in [2.24, 2.45) is 0 Å². The second-order valence-electron chi connectivity index (χ2n) is 7.07. The van der Waals surface area contributed by atoms with Gasteiger partial charge in [-0.1, -0.05) is 41.4 Å². The van der Waals surface area contributed by atoms with Gasteiger partial charge in [-0.2, -0.15) is 0 Å². The molecule has 1 amide bonds. The fraction of sp³-hybridized carbons (Fsp3) is 0.273. The number of thiazole rings is 1. The van der Waals surface area contributed by atoms with Crippen molar-refractivity contribution < 1.29 is 4.79 Å². The standard InChI is InChI=1S/C22H22ClN3OS/c1-16-3-2-4-18(13-16)22(27)26-11-9-25(10-12-26)14-21-24-20(15-28-21)17-5-7-19(23)8-6-17/h2-8,13,15H,9-12,14H2,1H3. The number of benzene rings is 2. The van der Waals surface area contributed by atoms with Gasteiger partial charge in [0.15, 0.2) is 0 Å². The van der Waals surface area contributed by atoms with Crippen LogP contribution in [0.15, 0.2) is 53.9 Å². The molecule has 1 saturated heterocycles. The molecule has 0 saturated carbocycles. The smallest absolute Gasteiger partial charge is 0.253 e. The molecule has 1 aromatic heterocycles. The molecule has 2 aromatic carbocycles. The van der Waals surface area contributed by atoms with E-state index in [0.717, 1.165) is 65.1 Å². The number of hydrogen-bond acceptors (Lipinski definition) is 4. The number of rotatable bonds is 4. The summed E-state index contributed by atoms with van der Waals surface area (Å²) in [6.45, 7) is 6.08. The zero-order valence-electron chi connectivity index (χ0n) is 15.8. The van der Waals surface area contributed by atoms with Gasteiger partial charge in [-0.15, -0.1) is 11.3 Å². The molecular formula is C22H22ClN3OS. The van der Waals surface area contributed by atoms with Crippen LogP contribution in [-0.4, -0.2) is 46.9 Å². The monoisotopic (exact) mass is 411 g/mol. The lowest BCUT2D eigenvalue weighted by molar-refractivity contribution is 0.0628. The van der Waals surface area contributed by atoms with E-state index in [1.165, 1.54) is 0 Å². The molecule has 3 aromatic rings. The number of aryl methyl sites for hydroxylation is 1. The molecule has 0 radical (unpaired) electrons. The Hall–Kier alpha value is -2.21. The first kappa shape index (κ1) is 19.1. The van der Waals surface area contributed by atoms with Crippen LogP contribution in [0.1, 0.15) is 20.9 Å². The zero-order valence-corrected chi connectivity index (χ0v) is 17.3. The number of carbonyl (C=O) groups excluding carboxylic acids is 1. The lowest BCUT2D eigenvalue weighted by atomic mass is 10.1. The Bertz CT molecular complexity index is 962. The molecule has 4 nitrogen and oxygen atoms in total. The number of amides is 1. The SMILES string of the molecule is Cc1cccc(C(=O)N2CCN(Cc3nc(-c4ccc(Cl)cc4)cs3)CC2)c1. The summed E-state index contributed by atoms with van der Waals surface area (Å²) in [5.41, 5.74) is 3.97. The molecule has 0 bridgehead atoms. The lowest BCUT2D eigenvalue weighted by Gasteiger charge is -2.34. The first-order valence-corrected chi connectivity index (χ1v) is 10.6. The topological polar surface area (TPSA) is 36.4 Å². The molecule has 6 heteroatoms. The highest BCUT2D eigenvalue weighted by Crippen LogP contribution is 2.24. The molecular weight excluding hydrogens is 390 g/mol. The molecule has 4 rings (SSSR count). The molecule has 1 aliphatic heterocycles. The maximum Gasteiger partial charge on any atom is 0.253 e. The van der Waals surface area contributed by atoms with Gasteiger partial charge in [0.1, 0.15) is 5.01 Å². The summed E-state index contributed by atoms with van der Waals surface area (Å²) in [7, 11) is 0. The van der Waals surface area contributed by atoms with Crippen LogP contribution >= 0.6 is 22.9 Å². The maximum absolute atomic E-state index is 12.7. The lowest BCUT2D eigenvalue weighted by Crippen LogP contribution is -2.48. The van der Waals surface area contributed by atoms with E-state index in [-0.39, 0.29) is 5.91 Å².